The molecule has 1 rings (SSSR count). The molecule has 0 radical (unpaired) electrons. The lowest BCUT2D eigenvalue weighted by Crippen LogP contribution is -2.02. The van der Waals surface area contributed by atoms with Gasteiger partial charge in [-0.05, 0) is 6.42 Å². The van der Waals surface area contributed by atoms with Gasteiger partial charge in [0.2, 0.25) is 5.88 Å². The molecule has 0 aliphatic rings. The van der Waals surface area contributed by atoms with E-state index < -0.39 is 5.97 Å². The molecule has 0 atom stereocenters. The summed E-state index contributed by atoms with van der Waals surface area (Å²) >= 11 is 0. The Balaban J connectivity index is 2.77. The van der Waals surface area contributed by atoms with E-state index in [1.807, 2.05) is 0 Å². The second-order valence-corrected chi connectivity index (χ2v) is 2.98. The van der Waals surface area contributed by atoms with Gasteiger partial charge in [-0.3, -0.25) is 0 Å². The second kappa shape index (κ2) is 4.64. The zero-order valence-electron chi connectivity index (χ0n) is 8.33. The van der Waals surface area contributed by atoms with Gasteiger partial charge in [0.05, 0.1) is 7.11 Å². The van der Waals surface area contributed by atoms with Gasteiger partial charge in [0.25, 0.3) is 0 Å². The van der Waals surface area contributed by atoms with Crippen molar-refractivity contribution >= 4 is 5.97 Å². The van der Waals surface area contributed by atoms with E-state index in [0.29, 0.717) is 5.82 Å². The smallest absolute Gasteiger partial charge is 0.360 e. The van der Waals surface area contributed by atoms with Gasteiger partial charge in [0.1, 0.15) is 5.82 Å². The quantitative estimate of drug-likeness (QED) is 0.714. The molecular weight excluding hydrogens is 184 g/mol. The number of esters is 1. The largest absolute Gasteiger partial charge is 0.492 e. The molecule has 78 valence electrons. The summed E-state index contributed by atoms with van der Waals surface area (Å²) in [5.41, 5.74) is 0.0265. The summed E-state index contributed by atoms with van der Waals surface area (Å²) in [6.45, 7) is 2.06. The van der Waals surface area contributed by atoms with Crippen LogP contribution in [0, 0.1) is 0 Å². The van der Waals surface area contributed by atoms with Crippen LogP contribution in [0.25, 0.3) is 0 Å². The third-order valence-corrected chi connectivity index (χ3v) is 1.89. The predicted molar refractivity (Wildman–Crippen MR) is 50.2 cm³/mol. The molecule has 0 saturated heterocycles. The number of aromatic amines is 1. The first-order valence-corrected chi connectivity index (χ1v) is 4.55. The highest BCUT2D eigenvalue weighted by Gasteiger charge is 2.16. The first kappa shape index (κ1) is 10.6. The van der Waals surface area contributed by atoms with Crippen molar-refractivity contribution < 1.29 is 14.6 Å². The van der Waals surface area contributed by atoms with E-state index in [1.54, 1.807) is 0 Å². The van der Waals surface area contributed by atoms with Gasteiger partial charge < -0.3 is 14.8 Å². The molecule has 5 nitrogen and oxygen atoms in total. The highest BCUT2D eigenvalue weighted by molar-refractivity contribution is 5.89. The van der Waals surface area contributed by atoms with Gasteiger partial charge in [0, 0.05) is 6.42 Å². The number of carbonyl (C=O) groups is 1. The highest BCUT2D eigenvalue weighted by Crippen LogP contribution is 2.15. The van der Waals surface area contributed by atoms with Crippen molar-refractivity contribution in [3.63, 3.8) is 0 Å². The average molecular weight is 198 g/mol. The molecule has 5 heteroatoms. The maximum absolute atomic E-state index is 11.1. The maximum atomic E-state index is 11.1. The third-order valence-electron chi connectivity index (χ3n) is 1.89. The summed E-state index contributed by atoms with van der Waals surface area (Å²) in [4.78, 5) is 17.6. The van der Waals surface area contributed by atoms with Crippen LogP contribution in [0.15, 0.2) is 0 Å². The number of hydrogen-bond acceptors (Lipinski definition) is 4. The van der Waals surface area contributed by atoms with Gasteiger partial charge in [-0.2, -0.15) is 4.98 Å². The minimum atomic E-state index is -0.599. The molecule has 1 heterocycles. The number of unbranched alkanes of at least 4 members (excludes halogenated alkanes) is 1. The number of hydrogen-bond donors (Lipinski definition) is 2. The summed E-state index contributed by atoms with van der Waals surface area (Å²) in [6, 6.07) is 0. The molecule has 0 aliphatic heterocycles. The molecular formula is C9H14N2O3. The first-order valence-electron chi connectivity index (χ1n) is 4.55. The van der Waals surface area contributed by atoms with E-state index in [-0.39, 0.29) is 11.6 Å². The fourth-order valence-electron chi connectivity index (χ4n) is 1.12. The van der Waals surface area contributed by atoms with Crippen molar-refractivity contribution in [1.82, 2.24) is 9.97 Å². The number of aromatic hydroxyl groups is 1. The zero-order valence-corrected chi connectivity index (χ0v) is 8.33. The van der Waals surface area contributed by atoms with Gasteiger partial charge in [-0.25, -0.2) is 4.79 Å². The van der Waals surface area contributed by atoms with Crippen molar-refractivity contribution in [2.75, 3.05) is 7.11 Å². The summed E-state index contributed by atoms with van der Waals surface area (Å²) in [5, 5.41) is 9.29. The topological polar surface area (TPSA) is 75.2 Å². The van der Waals surface area contributed by atoms with Crippen LogP contribution >= 0.6 is 0 Å². The fraction of sp³-hybridized carbons (Fsp3) is 0.556. The van der Waals surface area contributed by atoms with Gasteiger partial charge in [-0.15, -0.1) is 0 Å². The molecule has 2 N–H and O–H groups in total. The molecule has 14 heavy (non-hydrogen) atoms. The lowest BCUT2D eigenvalue weighted by Gasteiger charge is -1.94. The summed E-state index contributed by atoms with van der Waals surface area (Å²) in [7, 11) is 1.26. The lowest BCUT2D eigenvalue weighted by molar-refractivity contribution is 0.0591. The molecule has 0 saturated carbocycles. The van der Waals surface area contributed by atoms with E-state index in [4.69, 9.17) is 0 Å². The highest BCUT2D eigenvalue weighted by atomic mass is 16.5. The van der Waals surface area contributed by atoms with E-state index in [9.17, 15) is 9.90 Å². The molecule has 0 spiro atoms. The number of methoxy groups -OCH3 is 1. The summed E-state index contributed by atoms with van der Waals surface area (Å²) < 4.78 is 4.46. The van der Waals surface area contributed by atoms with Gasteiger partial charge in [0.15, 0.2) is 5.69 Å². The SMILES string of the molecule is CCCCc1nc(O)c(C(=O)OC)[nH]1. The van der Waals surface area contributed by atoms with Crippen LogP contribution < -0.4 is 0 Å². The van der Waals surface area contributed by atoms with Crippen LogP contribution in [0.1, 0.15) is 36.1 Å². The Kier molecular flexibility index (Phi) is 3.50. The Morgan fingerprint density at radius 3 is 2.93 bits per heavy atom. The second-order valence-electron chi connectivity index (χ2n) is 2.98. The zero-order chi connectivity index (χ0) is 10.6. The molecule has 1 aromatic rings. The van der Waals surface area contributed by atoms with E-state index in [1.165, 1.54) is 7.11 Å². The Morgan fingerprint density at radius 2 is 2.36 bits per heavy atom. The normalized spacial score (nSPS) is 10.1. The van der Waals surface area contributed by atoms with Crippen molar-refractivity contribution in [3.05, 3.63) is 11.5 Å². The molecule has 0 aromatic carbocycles. The van der Waals surface area contributed by atoms with Crippen LogP contribution in [0.5, 0.6) is 5.88 Å². The fourth-order valence-corrected chi connectivity index (χ4v) is 1.12. The molecule has 0 bridgehead atoms. The minimum Gasteiger partial charge on any atom is -0.492 e. The van der Waals surface area contributed by atoms with Crippen molar-refractivity contribution in [3.8, 4) is 5.88 Å². The Bertz CT molecular complexity index is 320. The molecule has 1 aromatic heterocycles. The van der Waals surface area contributed by atoms with Crippen molar-refractivity contribution in [1.29, 1.82) is 0 Å². The van der Waals surface area contributed by atoms with Crippen LogP contribution in [0.3, 0.4) is 0 Å². The maximum Gasteiger partial charge on any atom is 0.360 e. The molecule has 0 aliphatic carbocycles. The number of nitrogens with one attached hydrogen (secondary N) is 1. The van der Waals surface area contributed by atoms with Crippen LogP contribution in [0.2, 0.25) is 0 Å². The van der Waals surface area contributed by atoms with Gasteiger partial charge in [-0.1, -0.05) is 13.3 Å². The summed E-state index contributed by atoms with van der Waals surface area (Å²) in [5.74, 6) is -0.273. The standard InChI is InChI=1S/C9H14N2O3/c1-3-4-5-6-10-7(8(12)11-6)9(13)14-2/h12H,3-5H2,1-2H3,(H,10,11). The lowest BCUT2D eigenvalue weighted by atomic mass is 10.2. The molecule has 0 unspecified atom stereocenters. The summed E-state index contributed by atoms with van der Waals surface area (Å²) in [6.07, 6.45) is 2.73. The van der Waals surface area contributed by atoms with Crippen LogP contribution in [0.4, 0.5) is 0 Å². The Hall–Kier alpha value is -1.52. The molecule has 0 amide bonds. The molecule has 0 fully saturated rings. The third kappa shape index (κ3) is 2.25. The number of aryl methyl sites for hydroxylation is 1. The number of imidazole rings is 1. The first-order chi connectivity index (χ1) is 6.69. The number of aromatic nitrogens is 2. The number of ether oxygens (including phenoxy) is 1. The van der Waals surface area contributed by atoms with Crippen LogP contribution in [-0.2, 0) is 11.2 Å². The monoisotopic (exact) mass is 198 g/mol. The van der Waals surface area contributed by atoms with Crippen molar-refractivity contribution in [2.45, 2.75) is 26.2 Å². The number of nitrogens with zero attached hydrogens (tertiary/aromatic N) is 1. The van der Waals surface area contributed by atoms with E-state index in [0.717, 1.165) is 19.3 Å². The van der Waals surface area contributed by atoms with Crippen LogP contribution in [-0.4, -0.2) is 28.2 Å². The Labute approximate surface area is 82.1 Å². The Morgan fingerprint density at radius 1 is 1.64 bits per heavy atom. The minimum absolute atomic E-state index is 0.0265. The van der Waals surface area contributed by atoms with Crippen molar-refractivity contribution in [2.24, 2.45) is 0 Å². The van der Waals surface area contributed by atoms with E-state index in [2.05, 4.69) is 21.6 Å². The van der Waals surface area contributed by atoms with E-state index >= 15 is 0 Å². The number of rotatable bonds is 4. The average Bonchev–Trinajstić information content (AvgIpc) is 2.55. The number of H-pyrrole nitrogens is 1. The predicted octanol–water partition coefficient (Wildman–Crippen LogP) is 1.24. The van der Waals surface area contributed by atoms with Gasteiger partial charge >= 0.3 is 5.97 Å². The number of carbonyl (C=O) groups excluding carboxylic acids is 1.